The molecule has 0 radical (unpaired) electrons. The highest BCUT2D eigenvalue weighted by molar-refractivity contribution is 5.55. The number of hydrogen-bond donors (Lipinski definition) is 1. The van der Waals surface area contributed by atoms with Gasteiger partial charge in [-0.15, -0.1) is 0 Å². The van der Waals surface area contributed by atoms with Gasteiger partial charge in [0.15, 0.2) is 0 Å². The van der Waals surface area contributed by atoms with Gasteiger partial charge in [0.1, 0.15) is 13.0 Å². The zero-order chi connectivity index (χ0) is 4.41. The van der Waals surface area contributed by atoms with E-state index >= 15 is 0 Å². The molecule has 1 aliphatic heterocycles. The topological polar surface area (TPSA) is 27.6 Å². The Morgan fingerprint density at radius 1 is 2.00 bits per heavy atom. The minimum atomic E-state index is 0.733. The third kappa shape index (κ3) is 0.490. The van der Waals surface area contributed by atoms with Crippen molar-refractivity contribution in [2.45, 2.75) is 0 Å². The number of hydrazine groups is 1. The quantitative estimate of drug-likeness (QED) is 0.426. The highest BCUT2D eigenvalue weighted by atomic mass is 15.5. The van der Waals surface area contributed by atoms with Crippen molar-refractivity contribution in [3.8, 4) is 0 Å². The van der Waals surface area contributed by atoms with E-state index in [4.69, 9.17) is 0 Å². The number of nitrogens with zero attached hydrogens (tertiary/aromatic N) is 2. The summed E-state index contributed by atoms with van der Waals surface area (Å²) in [5, 5.41) is 1.82. The van der Waals surface area contributed by atoms with Gasteiger partial charge in [-0.05, 0) is 0 Å². The van der Waals surface area contributed by atoms with Crippen molar-refractivity contribution in [3.63, 3.8) is 0 Å². The van der Waals surface area contributed by atoms with Crippen LogP contribution in [0.5, 0.6) is 0 Å². The lowest BCUT2D eigenvalue weighted by molar-refractivity contribution is 0.419. The zero-order valence-electron chi connectivity index (χ0n) is 3.68. The van der Waals surface area contributed by atoms with Crippen molar-refractivity contribution in [3.05, 3.63) is 0 Å². The van der Waals surface area contributed by atoms with Gasteiger partial charge in [0, 0.05) is 7.05 Å². The second kappa shape index (κ2) is 1.26. The summed E-state index contributed by atoms with van der Waals surface area (Å²) in [5.41, 5.74) is 2.93. The Morgan fingerprint density at radius 2 is 2.83 bits per heavy atom. The fourth-order valence-corrected chi connectivity index (χ4v) is 0.356. The Balaban J connectivity index is 2.38. The van der Waals surface area contributed by atoms with Gasteiger partial charge in [0.05, 0.1) is 0 Å². The number of aliphatic imine (C=N–C) groups is 1. The summed E-state index contributed by atoms with van der Waals surface area (Å²) >= 11 is 0. The van der Waals surface area contributed by atoms with E-state index in [9.17, 15) is 0 Å². The van der Waals surface area contributed by atoms with E-state index in [-0.39, 0.29) is 0 Å². The van der Waals surface area contributed by atoms with Gasteiger partial charge < -0.3 is 0 Å². The first kappa shape index (κ1) is 3.61. The van der Waals surface area contributed by atoms with Crippen LogP contribution >= 0.6 is 0 Å². The molecular weight excluding hydrogens is 78.1 g/mol. The Hall–Kier alpha value is -0.570. The van der Waals surface area contributed by atoms with Crippen LogP contribution in [0, 0.1) is 0 Å². The first-order valence-electron chi connectivity index (χ1n) is 1.86. The van der Waals surface area contributed by atoms with Crippen LogP contribution in [0.25, 0.3) is 0 Å². The molecular formula is C3H7N3. The lowest BCUT2D eigenvalue weighted by Gasteiger charge is -2.01. The van der Waals surface area contributed by atoms with Crippen LogP contribution in [0.4, 0.5) is 0 Å². The fraction of sp³-hybridized carbons (Fsp3) is 0.667. The van der Waals surface area contributed by atoms with E-state index in [1.54, 1.807) is 6.34 Å². The smallest absolute Gasteiger partial charge is 0.107 e. The minimum Gasteiger partial charge on any atom is -0.300 e. The molecule has 0 saturated carbocycles. The molecule has 6 heavy (non-hydrogen) atoms. The average Bonchev–Trinajstić information content (AvgIpc) is 1.86. The van der Waals surface area contributed by atoms with E-state index in [0.717, 1.165) is 6.67 Å². The first-order chi connectivity index (χ1) is 2.89. The molecule has 1 N–H and O–H groups in total. The maximum atomic E-state index is 3.85. The highest BCUT2D eigenvalue weighted by Gasteiger charge is 1.91. The van der Waals surface area contributed by atoms with Crippen LogP contribution in [-0.4, -0.2) is 25.1 Å². The van der Waals surface area contributed by atoms with Crippen molar-refractivity contribution >= 4 is 6.34 Å². The second-order valence-electron chi connectivity index (χ2n) is 1.23. The van der Waals surface area contributed by atoms with Crippen molar-refractivity contribution in [2.75, 3.05) is 13.7 Å². The Morgan fingerprint density at radius 3 is 3.00 bits per heavy atom. The van der Waals surface area contributed by atoms with Crippen molar-refractivity contribution in [1.82, 2.24) is 10.4 Å². The number of nitrogens with one attached hydrogen (secondary N) is 1. The molecule has 1 rings (SSSR count). The van der Waals surface area contributed by atoms with Gasteiger partial charge in [-0.1, -0.05) is 0 Å². The molecule has 0 spiro atoms. The van der Waals surface area contributed by atoms with Crippen LogP contribution < -0.4 is 5.43 Å². The van der Waals surface area contributed by atoms with Crippen LogP contribution in [0.15, 0.2) is 4.99 Å². The Bertz CT molecular complexity index is 68.4. The predicted octanol–water partition coefficient (Wildman–Crippen LogP) is -0.578. The second-order valence-corrected chi connectivity index (χ2v) is 1.23. The van der Waals surface area contributed by atoms with Crippen LogP contribution in [-0.2, 0) is 0 Å². The molecule has 1 heterocycles. The minimum absolute atomic E-state index is 0.733. The third-order valence-corrected chi connectivity index (χ3v) is 0.666. The SMILES string of the molecule is CN1C=NCN1. The molecule has 0 aromatic carbocycles. The van der Waals surface area contributed by atoms with Gasteiger partial charge in [0.2, 0.25) is 0 Å². The molecule has 0 bridgehead atoms. The molecule has 0 amide bonds. The monoisotopic (exact) mass is 85.1 g/mol. The van der Waals surface area contributed by atoms with E-state index in [0.29, 0.717) is 0 Å². The lowest BCUT2D eigenvalue weighted by atomic mass is 11.1. The summed E-state index contributed by atoms with van der Waals surface area (Å²) in [6.07, 6.45) is 1.75. The molecule has 0 atom stereocenters. The maximum Gasteiger partial charge on any atom is 0.107 e. The largest absolute Gasteiger partial charge is 0.300 e. The van der Waals surface area contributed by atoms with Crippen LogP contribution in [0.1, 0.15) is 0 Å². The summed E-state index contributed by atoms with van der Waals surface area (Å²) < 4.78 is 0. The van der Waals surface area contributed by atoms with Crippen molar-refractivity contribution in [1.29, 1.82) is 0 Å². The molecule has 0 saturated heterocycles. The maximum absolute atomic E-state index is 3.85. The summed E-state index contributed by atoms with van der Waals surface area (Å²) in [7, 11) is 1.91. The van der Waals surface area contributed by atoms with E-state index in [1.807, 2.05) is 12.1 Å². The molecule has 0 aromatic heterocycles. The van der Waals surface area contributed by atoms with E-state index < -0.39 is 0 Å². The van der Waals surface area contributed by atoms with E-state index in [1.165, 1.54) is 0 Å². The zero-order valence-corrected chi connectivity index (χ0v) is 3.68. The molecule has 0 aliphatic carbocycles. The van der Waals surface area contributed by atoms with Gasteiger partial charge in [-0.3, -0.25) is 10.0 Å². The molecule has 0 fully saturated rings. The summed E-state index contributed by atoms with van der Waals surface area (Å²) in [6.45, 7) is 0.733. The number of hydrogen-bond acceptors (Lipinski definition) is 3. The predicted molar refractivity (Wildman–Crippen MR) is 24.3 cm³/mol. The van der Waals surface area contributed by atoms with Crippen LogP contribution in [0.2, 0.25) is 0 Å². The summed E-state index contributed by atoms with van der Waals surface area (Å²) in [5.74, 6) is 0. The molecule has 0 unspecified atom stereocenters. The normalized spacial score (nSPS) is 19.8. The average molecular weight is 85.1 g/mol. The van der Waals surface area contributed by atoms with Crippen LogP contribution in [0.3, 0.4) is 0 Å². The molecule has 34 valence electrons. The summed E-state index contributed by atoms with van der Waals surface area (Å²) in [4.78, 5) is 3.85. The van der Waals surface area contributed by atoms with Gasteiger partial charge >= 0.3 is 0 Å². The van der Waals surface area contributed by atoms with Crippen molar-refractivity contribution in [2.24, 2.45) is 4.99 Å². The van der Waals surface area contributed by atoms with Gasteiger partial charge in [0.25, 0.3) is 0 Å². The van der Waals surface area contributed by atoms with E-state index in [2.05, 4.69) is 10.4 Å². The summed E-state index contributed by atoms with van der Waals surface area (Å²) in [6, 6.07) is 0. The van der Waals surface area contributed by atoms with Crippen molar-refractivity contribution < 1.29 is 0 Å². The number of rotatable bonds is 0. The lowest BCUT2D eigenvalue weighted by Crippen LogP contribution is -2.26. The standard InChI is InChI=1S/C3H7N3/c1-6-3-4-2-5-6/h3,5H,2H2,1H3. The Labute approximate surface area is 36.6 Å². The molecule has 0 aromatic rings. The fourth-order valence-electron chi connectivity index (χ4n) is 0.356. The highest BCUT2D eigenvalue weighted by Crippen LogP contribution is 1.75. The molecule has 1 aliphatic rings. The molecule has 3 heteroatoms. The first-order valence-corrected chi connectivity index (χ1v) is 1.86. The third-order valence-electron chi connectivity index (χ3n) is 0.666. The Kier molecular flexibility index (Phi) is 0.759. The molecule has 3 nitrogen and oxygen atoms in total. The van der Waals surface area contributed by atoms with Gasteiger partial charge in [-0.25, -0.2) is 5.43 Å². The van der Waals surface area contributed by atoms with Gasteiger partial charge in [-0.2, -0.15) is 0 Å².